The third kappa shape index (κ3) is 4.48. The average Bonchev–Trinajstić information content (AvgIpc) is 3.20. The van der Waals surface area contributed by atoms with Gasteiger partial charge >= 0.3 is 0 Å². The van der Waals surface area contributed by atoms with Crippen LogP contribution < -0.4 is 15.4 Å². The maximum Gasteiger partial charge on any atom is 0.248 e. The highest BCUT2D eigenvalue weighted by Crippen LogP contribution is 2.27. The number of nitrogens with one attached hydrogen (secondary N) is 2. The van der Waals surface area contributed by atoms with Crippen LogP contribution in [0.4, 0.5) is 0 Å². The normalized spacial score (nSPS) is 16.6. The SMILES string of the molecule is CS(=O)(=O)c1ccc(OCCNC(=O)C2(n3cccn3)CCNCC2)cc1. The van der Waals surface area contributed by atoms with Crippen LogP contribution in [-0.4, -0.2) is 56.6 Å². The summed E-state index contributed by atoms with van der Waals surface area (Å²) >= 11 is 0. The first-order chi connectivity index (χ1) is 12.9. The summed E-state index contributed by atoms with van der Waals surface area (Å²) in [5.41, 5.74) is -0.675. The third-order valence-corrected chi connectivity index (χ3v) is 5.83. The second-order valence-electron chi connectivity index (χ2n) is 6.58. The molecule has 9 heteroatoms. The topological polar surface area (TPSA) is 102 Å². The number of rotatable bonds is 7. The van der Waals surface area contributed by atoms with Crippen LogP contribution in [0.25, 0.3) is 0 Å². The van der Waals surface area contributed by atoms with Gasteiger partial charge in [0.15, 0.2) is 9.84 Å². The molecule has 2 heterocycles. The van der Waals surface area contributed by atoms with Crippen molar-refractivity contribution < 1.29 is 17.9 Å². The van der Waals surface area contributed by atoms with Gasteiger partial charge in [0.1, 0.15) is 17.9 Å². The van der Waals surface area contributed by atoms with Crippen LogP contribution in [0.15, 0.2) is 47.6 Å². The molecule has 1 saturated heterocycles. The van der Waals surface area contributed by atoms with Crippen LogP contribution in [0.2, 0.25) is 0 Å². The van der Waals surface area contributed by atoms with E-state index < -0.39 is 15.4 Å². The molecule has 2 N–H and O–H groups in total. The maximum atomic E-state index is 12.9. The molecular weight excluding hydrogens is 368 g/mol. The van der Waals surface area contributed by atoms with E-state index in [0.717, 1.165) is 19.3 Å². The van der Waals surface area contributed by atoms with Crippen LogP contribution in [0.3, 0.4) is 0 Å². The summed E-state index contributed by atoms with van der Waals surface area (Å²) in [6.07, 6.45) is 6.02. The average molecular weight is 392 g/mol. The van der Waals surface area contributed by atoms with E-state index in [9.17, 15) is 13.2 Å². The number of aromatic nitrogens is 2. The Balaban J connectivity index is 1.54. The fourth-order valence-corrected chi connectivity index (χ4v) is 3.83. The van der Waals surface area contributed by atoms with Crippen molar-refractivity contribution in [2.75, 3.05) is 32.5 Å². The van der Waals surface area contributed by atoms with E-state index in [4.69, 9.17) is 4.74 Å². The fraction of sp³-hybridized carbons (Fsp3) is 0.444. The minimum Gasteiger partial charge on any atom is -0.492 e. The van der Waals surface area contributed by atoms with Gasteiger partial charge in [0.25, 0.3) is 0 Å². The van der Waals surface area contributed by atoms with Crippen molar-refractivity contribution in [2.24, 2.45) is 0 Å². The summed E-state index contributed by atoms with van der Waals surface area (Å²) in [5.74, 6) is 0.490. The molecule has 1 aromatic heterocycles. The third-order valence-electron chi connectivity index (χ3n) is 4.70. The zero-order chi connectivity index (χ0) is 19.3. The van der Waals surface area contributed by atoms with E-state index in [1.807, 2.05) is 12.3 Å². The van der Waals surface area contributed by atoms with Crippen LogP contribution >= 0.6 is 0 Å². The number of hydrogen-bond donors (Lipinski definition) is 2. The van der Waals surface area contributed by atoms with E-state index in [0.29, 0.717) is 25.1 Å². The zero-order valence-corrected chi connectivity index (χ0v) is 16.0. The predicted molar refractivity (Wildman–Crippen MR) is 100 cm³/mol. The first kappa shape index (κ1) is 19.4. The maximum absolute atomic E-state index is 12.9. The van der Waals surface area contributed by atoms with Gasteiger partial charge < -0.3 is 15.4 Å². The molecule has 1 aromatic carbocycles. The molecule has 3 rings (SSSR count). The van der Waals surface area contributed by atoms with Crippen LogP contribution in [-0.2, 0) is 20.2 Å². The summed E-state index contributed by atoms with van der Waals surface area (Å²) in [6.45, 7) is 2.16. The lowest BCUT2D eigenvalue weighted by Gasteiger charge is -2.36. The van der Waals surface area contributed by atoms with E-state index in [2.05, 4.69) is 15.7 Å². The number of benzene rings is 1. The molecule has 0 saturated carbocycles. The van der Waals surface area contributed by atoms with Crippen molar-refractivity contribution in [2.45, 2.75) is 23.3 Å². The molecule has 0 radical (unpaired) electrons. The molecule has 0 spiro atoms. The standard InChI is InChI=1S/C18H24N4O4S/c1-27(24,25)16-5-3-15(4-6-16)26-14-12-20-17(23)18(7-10-19-11-8-18)22-13-2-9-21-22/h2-6,9,13,19H,7-8,10-12,14H2,1H3,(H,20,23). The van der Waals surface area contributed by atoms with Crippen molar-refractivity contribution in [3.05, 3.63) is 42.7 Å². The highest BCUT2D eigenvalue weighted by Gasteiger charge is 2.41. The van der Waals surface area contributed by atoms with Gasteiger partial charge in [0.05, 0.1) is 11.4 Å². The van der Waals surface area contributed by atoms with E-state index in [1.54, 1.807) is 23.0 Å². The number of sulfone groups is 1. The molecule has 1 aliphatic rings. The molecule has 27 heavy (non-hydrogen) atoms. The van der Waals surface area contributed by atoms with Gasteiger partial charge in [-0.2, -0.15) is 5.10 Å². The lowest BCUT2D eigenvalue weighted by atomic mass is 9.87. The summed E-state index contributed by atoms with van der Waals surface area (Å²) in [7, 11) is -3.22. The van der Waals surface area contributed by atoms with Crippen molar-refractivity contribution in [3.8, 4) is 5.75 Å². The van der Waals surface area contributed by atoms with E-state index in [-0.39, 0.29) is 17.4 Å². The van der Waals surface area contributed by atoms with E-state index in [1.165, 1.54) is 12.1 Å². The Morgan fingerprint density at radius 3 is 2.59 bits per heavy atom. The van der Waals surface area contributed by atoms with Gasteiger partial charge in [-0.15, -0.1) is 0 Å². The van der Waals surface area contributed by atoms with Crippen LogP contribution in [0.1, 0.15) is 12.8 Å². The molecule has 0 bridgehead atoms. The molecule has 146 valence electrons. The van der Waals surface area contributed by atoms with Crippen molar-refractivity contribution in [1.82, 2.24) is 20.4 Å². The van der Waals surface area contributed by atoms with Crippen LogP contribution in [0.5, 0.6) is 5.75 Å². The summed E-state index contributed by atoms with van der Waals surface area (Å²) < 4.78 is 30.2. The quantitative estimate of drug-likeness (QED) is 0.668. The lowest BCUT2D eigenvalue weighted by molar-refractivity contribution is -0.132. The number of carbonyl (C=O) groups is 1. The number of ether oxygens (including phenoxy) is 1. The van der Waals surface area contributed by atoms with Gasteiger partial charge in [0.2, 0.25) is 5.91 Å². The molecule has 8 nitrogen and oxygen atoms in total. The Morgan fingerprint density at radius 1 is 1.30 bits per heavy atom. The van der Waals surface area contributed by atoms with Crippen molar-refractivity contribution in [1.29, 1.82) is 0 Å². The molecule has 1 aliphatic heterocycles. The summed E-state index contributed by atoms with van der Waals surface area (Å²) in [5, 5.41) is 10.5. The van der Waals surface area contributed by atoms with E-state index >= 15 is 0 Å². The molecule has 1 amide bonds. The number of hydrogen-bond acceptors (Lipinski definition) is 6. The number of carbonyl (C=O) groups excluding carboxylic acids is 1. The lowest BCUT2D eigenvalue weighted by Crippen LogP contribution is -2.55. The highest BCUT2D eigenvalue weighted by atomic mass is 32.2. The molecular formula is C18H24N4O4S. The molecule has 0 unspecified atom stereocenters. The van der Waals surface area contributed by atoms with Crippen LogP contribution in [0, 0.1) is 0 Å². The van der Waals surface area contributed by atoms with Gasteiger partial charge in [-0.05, 0) is 56.3 Å². The van der Waals surface area contributed by atoms with Gasteiger partial charge in [-0.1, -0.05) is 0 Å². The molecule has 2 aromatic rings. The van der Waals surface area contributed by atoms with Crippen molar-refractivity contribution in [3.63, 3.8) is 0 Å². The Bertz CT molecular complexity index is 857. The molecule has 0 atom stereocenters. The zero-order valence-electron chi connectivity index (χ0n) is 15.2. The van der Waals surface area contributed by atoms with Crippen molar-refractivity contribution >= 4 is 15.7 Å². The predicted octanol–water partition coefficient (Wildman–Crippen LogP) is 0.561. The number of piperidine rings is 1. The minimum atomic E-state index is -3.22. The fourth-order valence-electron chi connectivity index (χ4n) is 3.20. The van der Waals surface area contributed by atoms with Gasteiger partial charge in [0, 0.05) is 18.6 Å². The number of nitrogens with zero attached hydrogens (tertiary/aromatic N) is 2. The Labute approximate surface area is 158 Å². The second kappa shape index (κ2) is 8.10. The first-order valence-electron chi connectivity index (χ1n) is 8.84. The Hall–Kier alpha value is -2.39. The Morgan fingerprint density at radius 2 is 2.00 bits per heavy atom. The summed E-state index contributed by atoms with van der Waals surface area (Å²) in [4.78, 5) is 13.1. The monoisotopic (exact) mass is 392 g/mol. The van der Waals surface area contributed by atoms with Gasteiger partial charge in [-0.25, -0.2) is 8.42 Å². The minimum absolute atomic E-state index is 0.0660. The smallest absolute Gasteiger partial charge is 0.248 e. The van der Waals surface area contributed by atoms with Gasteiger partial charge in [-0.3, -0.25) is 9.48 Å². The largest absolute Gasteiger partial charge is 0.492 e. The second-order valence-corrected chi connectivity index (χ2v) is 8.60. The Kier molecular flexibility index (Phi) is 5.81. The first-order valence-corrected chi connectivity index (χ1v) is 10.7. The number of amides is 1. The highest BCUT2D eigenvalue weighted by molar-refractivity contribution is 7.90. The molecule has 0 aliphatic carbocycles. The molecule has 1 fully saturated rings. The summed E-state index contributed by atoms with van der Waals surface area (Å²) in [6, 6.07) is 8.04.